The number of alkyl halides is 1. The number of nitrogens with zero attached hydrogens (tertiary/aromatic N) is 1. The molecule has 4 aliphatic rings. The number of nitrogens with two attached hydrogens (primary N) is 3. The molecule has 4 rings (SSSR count). The van der Waals surface area contributed by atoms with Gasteiger partial charge in [0.25, 0.3) is 0 Å². The minimum absolute atomic E-state index is 0.112. The maximum absolute atomic E-state index is 12.7. The molecule has 41 heavy (non-hydrogen) atoms. The SMILES string of the molecule is C[C@@H]1C(O)[C@@H](OC2C(O)C(O[C@H]3O[C@H](CN=C(N)CF)CCC3N)[C@@H](N)C[C@H]2NC(=N)C2(O)CNC2)OCC1(C)O. The van der Waals surface area contributed by atoms with Gasteiger partial charge in [-0.2, -0.15) is 0 Å². The van der Waals surface area contributed by atoms with Gasteiger partial charge >= 0.3 is 0 Å². The van der Waals surface area contributed by atoms with Gasteiger partial charge in [0.05, 0.1) is 36.9 Å². The molecular formula is C25H46FN7O8. The summed E-state index contributed by atoms with van der Waals surface area (Å²) in [6.45, 7) is 2.73. The maximum Gasteiger partial charge on any atom is 0.184 e. The number of β-amino-alcohol motifs (C(OH)–C–C–N with tert-alkyl or cyclic N) is 1. The topological polar surface area (TPSA) is 256 Å². The lowest BCUT2D eigenvalue weighted by Crippen LogP contribution is -2.72. The van der Waals surface area contributed by atoms with E-state index in [0.717, 1.165) is 0 Å². The minimum atomic E-state index is -1.40. The van der Waals surface area contributed by atoms with E-state index in [4.69, 9.17) is 41.6 Å². The molecule has 0 bridgehead atoms. The first-order valence-corrected chi connectivity index (χ1v) is 14.1. The summed E-state index contributed by atoms with van der Waals surface area (Å²) in [5, 5.41) is 57.8. The Labute approximate surface area is 238 Å². The summed E-state index contributed by atoms with van der Waals surface area (Å²) in [5.74, 6) is -0.911. The zero-order valence-electron chi connectivity index (χ0n) is 23.5. The lowest BCUT2D eigenvalue weighted by Gasteiger charge is -2.49. The Morgan fingerprint density at radius 2 is 1.80 bits per heavy atom. The molecule has 236 valence electrons. The van der Waals surface area contributed by atoms with Crippen molar-refractivity contribution < 1.29 is 43.8 Å². The van der Waals surface area contributed by atoms with Crippen molar-refractivity contribution in [1.29, 1.82) is 5.41 Å². The van der Waals surface area contributed by atoms with Crippen LogP contribution >= 0.6 is 0 Å². The van der Waals surface area contributed by atoms with Gasteiger partial charge in [-0.1, -0.05) is 6.92 Å². The van der Waals surface area contributed by atoms with Crippen molar-refractivity contribution in [2.24, 2.45) is 28.1 Å². The number of aliphatic hydroxyl groups is 4. The molecule has 1 saturated carbocycles. The lowest BCUT2D eigenvalue weighted by molar-refractivity contribution is -0.313. The van der Waals surface area contributed by atoms with Gasteiger partial charge in [0.2, 0.25) is 0 Å². The summed E-state index contributed by atoms with van der Waals surface area (Å²) in [6.07, 6.45) is -6.14. The zero-order chi connectivity index (χ0) is 30.1. The Kier molecular flexibility index (Phi) is 10.2. The van der Waals surface area contributed by atoms with E-state index in [1.54, 1.807) is 13.8 Å². The number of nitrogens with one attached hydrogen (secondary N) is 3. The van der Waals surface area contributed by atoms with Crippen LogP contribution in [0.1, 0.15) is 33.1 Å². The molecule has 4 fully saturated rings. The summed E-state index contributed by atoms with van der Waals surface area (Å²) in [5.41, 5.74) is 15.5. The van der Waals surface area contributed by atoms with Crippen LogP contribution in [0.5, 0.6) is 0 Å². The molecule has 0 aromatic heterocycles. The fourth-order valence-corrected chi connectivity index (χ4v) is 5.51. The number of ether oxygens (including phenoxy) is 4. The van der Waals surface area contributed by atoms with Crippen molar-refractivity contribution >= 4 is 11.7 Å². The van der Waals surface area contributed by atoms with Gasteiger partial charge in [0.15, 0.2) is 12.6 Å². The van der Waals surface area contributed by atoms with Crippen LogP contribution in [-0.2, 0) is 18.9 Å². The molecule has 1 aliphatic carbocycles. The highest BCUT2D eigenvalue weighted by molar-refractivity contribution is 5.89. The zero-order valence-corrected chi connectivity index (χ0v) is 23.5. The van der Waals surface area contributed by atoms with Crippen molar-refractivity contribution in [2.45, 2.75) is 106 Å². The molecule has 3 aliphatic heterocycles. The molecule has 3 saturated heterocycles. The standard InChI is InChI=1S/C25H46FN7O8/c1-11-17(34)22(38-10-24(11,2)36)41-20-15(33-23(30)25(37)8-31-9-25)5-14(28)19(18(20)35)40-21-13(27)4-3-12(39-21)7-32-16(29)6-26/h11-15,17-22,31,34-37H,3-10,27-28H2,1-2H3,(H2,29,32)(H2,30,33)/t11-,12+,13?,14+,15-,17?,18?,19?,20?,21-,22-,24?/m1/s1. The minimum Gasteiger partial charge on any atom is -0.388 e. The molecule has 12 atom stereocenters. The van der Waals surface area contributed by atoms with E-state index in [1.807, 2.05) is 0 Å². The van der Waals surface area contributed by atoms with E-state index >= 15 is 0 Å². The number of hydrogen-bond acceptors (Lipinski definition) is 13. The Hall–Kier alpha value is -1.57. The van der Waals surface area contributed by atoms with E-state index in [-0.39, 0.29) is 44.3 Å². The van der Waals surface area contributed by atoms with Gasteiger partial charge in [0, 0.05) is 25.0 Å². The lowest BCUT2D eigenvalue weighted by atomic mass is 9.82. The van der Waals surface area contributed by atoms with Crippen LogP contribution in [0, 0.1) is 11.3 Å². The number of rotatable bonds is 9. The third-order valence-corrected chi connectivity index (χ3v) is 8.68. The summed E-state index contributed by atoms with van der Waals surface area (Å²) in [4.78, 5) is 3.97. The second kappa shape index (κ2) is 13.0. The van der Waals surface area contributed by atoms with Gasteiger partial charge in [-0.3, -0.25) is 10.4 Å². The van der Waals surface area contributed by atoms with Crippen LogP contribution in [-0.4, -0.2) is 137 Å². The largest absolute Gasteiger partial charge is 0.388 e. The van der Waals surface area contributed by atoms with Crippen LogP contribution in [0.4, 0.5) is 4.39 Å². The van der Waals surface area contributed by atoms with Crippen LogP contribution in [0.25, 0.3) is 0 Å². The molecule has 16 heteroatoms. The van der Waals surface area contributed by atoms with Gasteiger partial charge in [-0.25, -0.2) is 4.39 Å². The fourth-order valence-electron chi connectivity index (χ4n) is 5.51. The smallest absolute Gasteiger partial charge is 0.184 e. The molecule has 0 radical (unpaired) electrons. The molecule has 0 spiro atoms. The van der Waals surface area contributed by atoms with Crippen LogP contribution < -0.4 is 27.8 Å². The summed E-state index contributed by atoms with van der Waals surface area (Å²) >= 11 is 0. The Morgan fingerprint density at radius 1 is 1.12 bits per heavy atom. The normalized spacial score (nSPS) is 45.1. The number of halogens is 1. The highest BCUT2D eigenvalue weighted by Crippen LogP contribution is 2.34. The highest BCUT2D eigenvalue weighted by atomic mass is 19.1. The number of aliphatic imine (C=N–C) groups is 1. The van der Waals surface area contributed by atoms with E-state index in [2.05, 4.69) is 15.6 Å². The Bertz CT molecular complexity index is 944. The van der Waals surface area contributed by atoms with Gasteiger partial charge in [-0.15, -0.1) is 0 Å². The van der Waals surface area contributed by atoms with Crippen molar-refractivity contribution in [1.82, 2.24) is 10.6 Å². The monoisotopic (exact) mass is 591 g/mol. The number of hydrogen-bond donors (Lipinski definition) is 10. The second-order valence-electron chi connectivity index (χ2n) is 12.0. The average molecular weight is 592 g/mol. The maximum atomic E-state index is 12.7. The summed E-state index contributed by atoms with van der Waals surface area (Å²) < 4.78 is 36.6. The number of aliphatic hydroxyl groups excluding tert-OH is 2. The highest BCUT2D eigenvalue weighted by Gasteiger charge is 2.52. The van der Waals surface area contributed by atoms with Gasteiger partial charge < -0.3 is 67.2 Å². The molecule has 6 unspecified atom stereocenters. The quantitative estimate of drug-likeness (QED) is 0.0919. The third-order valence-electron chi connectivity index (χ3n) is 8.68. The number of amidine groups is 2. The molecule has 0 aromatic carbocycles. The predicted molar refractivity (Wildman–Crippen MR) is 145 cm³/mol. The molecular weight excluding hydrogens is 545 g/mol. The first kappa shape index (κ1) is 32.3. The Balaban J connectivity index is 1.50. The Morgan fingerprint density at radius 3 is 2.44 bits per heavy atom. The van der Waals surface area contributed by atoms with Crippen LogP contribution in [0.3, 0.4) is 0 Å². The third kappa shape index (κ3) is 7.15. The van der Waals surface area contributed by atoms with Crippen molar-refractivity contribution in [3.8, 4) is 0 Å². The van der Waals surface area contributed by atoms with Crippen molar-refractivity contribution in [2.75, 3.05) is 32.9 Å². The van der Waals surface area contributed by atoms with Gasteiger partial charge in [-0.05, 0) is 26.2 Å². The summed E-state index contributed by atoms with van der Waals surface area (Å²) in [7, 11) is 0. The second-order valence-corrected chi connectivity index (χ2v) is 12.0. The molecule has 3 heterocycles. The summed E-state index contributed by atoms with van der Waals surface area (Å²) in [6, 6.07) is -2.07. The predicted octanol–water partition coefficient (Wildman–Crippen LogP) is -3.62. The van der Waals surface area contributed by atoms with E-state index < -0.39 is 85.0 Å². The average Bonchev–Trinajstić information content (AvgIpc) is 2.91. The first-order chi connectivity index (χ1) is 19.3. The van der Waals surface area contributed by atoms with Crippen LogP contribution in [0.15, 0.2) is 4.99 Å². The molecule has 13 N–H and O–H groups in total. The molecule has 15 nitrogen and oxygen atoms in total. The van der Waals surface area contributed by atoms with Crippen molar-refractivity contribution in [3.05, 3.63) is 0 Å². The van der Waals surface area contributed by atoms with E-state index in [1.165, 1.54) is 0 Å². The molecule has 0 amide bonds. The van der Waals surface area contributed by atoms with E-state index in [0.29, 0.717) is 12.8 Å². The van der Waals surface area contributed by atoms with Crippen LogP contribution in [0.2, 0.25) is 0 Å². The molecule has 0 aromatic rings. The van der Waals surface area contributed by atoms with Crippen molar-refractivity contribution in [3.63, 3.8) is 0 Å². The van der Waals surface area contributed by atoms with Gasteiger partial charge in [0.1, 0.15) is 48.4 Å². The van der Waals surface area contributed by atoms with E-state index in [9.17, 15) is 24.8 Å². The first-order valence-electron chi connectivity index (χ1n) is 14.1. The fraction of sp³-hybridized carbons (Fsp3) is 0.920.